The van der Waals surface area contributed by atoms with Gasteiger partial charge in [0.15, 0.2) is 0 Å². The van der Waals surface area contributed by atoms with Gasteiger partial charge in [-0.1, -0.05) is 19.3 Å². The molecule has 1 N–H and O–H groups in total. The van der Waals surface area contributed by atoms with Crippen LogP contribution in [-0.2, 0) is 0 Å². The molecule has 3 nitrogen and oxygen atoms in total. The largest absolute Gasteiger partial charge is 0.315 e. The fraction of sp³-hybridized carbons (Fsp3) is 1.00. The molecule has 0 heterocycles. The van der Waals surface area contributed by atoms with Crippen LogP contribution in [0.2, 0.25) is 0 Å². The first-order valence-electron chi connectivity index (χ1n) is 7.26. The summed E-state index contributed by atoms with van der Waals surface area (Å²) in [6, 6.07) is 0.866. The lowest BCUT2D eigenvalue weighted by Gasteiger charge is -2.31. The van der Waals surface area contributed by atoms with Crippen LogP contribution >= 0.6 is 0 Å². The van der Waals surface area contributed by atoms with E-state index in [0.29, 0.717) is 0 Å². The molecule has 102 valence electrons. The molecule has 0 aromatic rings. The summed E-state index contributed by atoms with van der Waals surface area (Å²) in [6.07, 6.45) is 8.46. The molecule has 0 bridgehead atoms. The van der Waals surface area contributed by atoms with Crippen molar-refractivity contribution in [3.05, 3.63) is 0 Å². The molecule has 0 radical (unpaired) electrons. The van der Waals surface area contributed by atoms with Crippen LogP contribution < -0.4 is 5.32 Å². The third-order valence-electron chi connectivity index (χ3n) is 3.80. The van der Waals surface area contributed by atoms with Crippen LogP contribution in [-0.4, -0.2) is 63.2 Å². The van der Waals surface area contributed by atoms with E-state index in [-0.39, 0.29) is 0 Å². The molecule has 1 aliphatic carbocycles. The zero-order valence-corrected chi connectivity index (χ0v) is 12.0. The van der Waals surface area contributed by atoms with Crippen molar-refractivity contribution in [2.45, 2.75) is 44.6 Å². The highest BCUT2D eigenvalue weighted by atomic mass is 15.1. The summed E-state index contributed by atoms with van der Waals surface area (Å²) in [5.41, 5.74) is 0. The minimum atomic E-state index is 0.866. The zero-order valence-electron chi connectivity index (χ0n) is 12.0. The van der Waals surface area contributed by atoms with Crippen LogP contribution in [0.5, 0.6) is 0 Å². The number of hydrogen-bond donors (Lipinski definition) is 1. The fourth-order valence-electron chi connectivity index (χ4n) is 2.59. The van der Waals surface area contributed by atoms with Crippen LogP contribution in [0.1, 0.15) is 38.5 Å². The summed E-state index contributed by atoms with van der Waals surface area (Å²) < 4.78 is 0. The van der Waals surface area contributed by atoms with Crippen molar-refractivity contribution in [3.63, 3.8) is 0 Å². The van der Waals surface area contributed by atoms with Crippen LogP contribution in [0.15, 0.2) is 0 Å². The van der Waals surface area contributed by atoms with Crippen molar-refractivity contribution >= 4 is 0 Å². The second-order valence-corrected chi connectivity index (χ2v) is 5.68. The third kappa shape index (κ3) is 7.02. The number of nitrogens with zero attached hydrogens (tertiary/aromatic N) is 2. The molecular weight excluding hydrogens is 210 g/mol. The minimum Gasteiger partial charge on any atom is -0.315 e. The molecule has 0 unspecified atom stereocenters. The molecule has 0 amide bonds. The highest BCUT2D eigenvalue weighted by Crippen LogP contribution is 2.21. The van der Waals surface area contributed by atoms with E-state index in [2.05, 4.69) is 36.3 Å². The van der Waals surface area contributed by atoms with Crippen molar-refractivity contribution in [1.29, 1.82) is 0 Å². The highest BCUT2D eigenvalue weighted by Gasteiger charge is 2.16. The van der Waals surface area contributed by atoms with E-state index >= 15 is 0 Å². The molecule has 0 saturated heterocycles. The summed E-state index contributed by atoms with van der Waals surface area (Å²) in [4.78, 5) is 4.80. The van der Waals surface area contributed by atoms with Gasteiger partial charge in [-0.05, 0) is 53.5 Å². The quantitative estimate of drug-likeness (QED) is 0.654. The Kier molecular flexibility index (Phi) is 7.82. The topological polar surface area (TPSA) is 18.5 Å². The molecule has 0 aliphatic heterocycles. The van der Waals surface area contributed by atoms with Gasteiger partial charge in [-0.15, -0.1) is 0 Å². The Hall–Kier alpha value is -0.120. The smallest absolute Gasteiger partial charge is 0.0101 e. The van der Waals surface area contributed by atoms with E-state index in [1.54, 1.807) is 0 Å². The summed E-state index contributed by atoms with van der Waals surface area (Å²) in [5.74, 6) is 0. The molecule has 0 spiro atoms. The number of rotatable bonds is 8. The molecule has 1 fully saturated rings. The average Bonchev–Trinajstić information content (AvgIpc) is 2.34. The van der Waals surface area contributed by atoms with Gasteiger partial charge in [0.25, 0.3) is 0 Å². The first-order chi connectivity index (χ1) is 8.20. The Morgan fingerprint density at radius 3 is 2.29 bits per heavy atom. The maximum Gasteiger partial charge on any atom is 0.0101 e. The van der Waals surface area contributed by atoms with E-state index in [4.69, 9.17) is 0 Å². The van der Waals surface area contributed by atoms with Crippen LogP contribution in [0.4, 0.5) is 0 Å². The molecule has 0 aromatic heterocycles. The number of hydrogen-bond acceptors (Lipinski definition) is 3. The maximum absolute atomic E-state index is 3.51. The van der Waals surface area contributed by atoms with Crippen LogP contribution in [0.3, 0.4) is 0 Å². The highest BCUT2D eigenvalue weighted by molar-refractivity contribution is 4.73. The van der Waals surface area contributed by atoms with Crippen LogP contribution in [0, 0.1) is 0 Å². The monoisotopic (exact) mass is 241 g/mol. The summed E-state index contributed by atoms with van der Waals surface area (Å²) >= 11 is 0. The van der Waals surface area contributed by atoms with E-state index in [9.17, 15) is 0 Å². The zero-order chi connectivity index (χ0) is 12.5. The molecular formula is C14H31N3. The average molecular weight is 241 g/mol. The Bertz CT molecular complexity index is 176. The first-order valence-corrected chi connectivity index (χ1v) is 7.26. The molecule has 17 heavy (non-hydrogen) atoms. The summed E-state index contributed by atoms with van der Waals surface area (Å²) in [5, 5.41) is 3.51. The second-order valence-electron chi connectivity index (χ2n) is 5.68. The number of nitrogens with one attached hydrogen (secondary N) is 1. The predicted molar refractivity (Wildman–Crippen MR) is 75.5 cm³/mol. The Morgan fingerprint density at radius 1 is 0.941 bits per heavy atom. The summed E-state index contributed by atoms with van der Waals surface area (Å²) in [6.45, 7) is 4.66. The van der Waals surface area contributed by atoms with Crippen molar-refractivity contribution in [1.82, 2.24) is 15.1 Å². The van der Waals surface area contributed by atoms with Crippen LogP contribution in [0.25, 0.3) is 0 Å². The molecule has 0 aromatic carbocycles. The number of likely N-dealkylation sites (N-methyl/N-ethyl adjacent to an activating group) is 1. The van der Waals surface area contributed by atoms with Crippen molar-refractivity contribution in [2.75, 3.05) is 47.3 Å². The van der Waals surface area contributed by atoms with E-state index < -0.39 is 0 Å². The van der Waals surface area contributed by atoms with Gasteiger partial charge in [0.1, 0.15) is 0 Å². The minimum absolute atomic E-state index is 0.866. The molecule has 0 atom stereocenters. The van der Waals surface area contributed by atoms with Gasteiger partial charge in [0.05, 0.1) is 0 Å². The lowest BCUT2D eigenvalue weighted by Crippen LogP contribution is -2.35. The Balaban J connectivity index is 1.94. The van der Waals surface area contributed by atoms with Gasteiger partial charge in [-0.2, -0.15) is 0 Å². The summed E-state index contributed by atoms with van der Waals surface area (Å²) in [7, 11) is 6.55. The van der Waals surface area contributed by atoms with Gasteiger partial charge >= 0.3 is 0 Å². The normalized spacial score (nSPS) is 18.2. The molecule has 1 rings (SSSR count). The van der Waals surface area contributed by atoms with Gasteiger partial charge in [-0.25, -0.2) is 0 Å². The maximum atomic E-state index is 3.51. The van der Waals surface area contributed by atoms with Crippen molar-refractivity contribution in [2.24, 2.45) is 0 Å². The van der Waals surface area contributed by atoms with E-state index in [0.717, 1.165) is 25.7 Å². The lowest BCUT2D eigenvalue weighted by atomic mass is 9.94. The fourth-order valence-corrected chi connectivity index (χ4v) is 2.59. The van der Waals surface area contributed by atoms with Crippen molar-refractivity contribution < 1.29 is 0 Å². The lowest BCUT2D eigenvalue weighted by molar-refractivity contribution is 0.189. The van der Waals surface area contributed by atoms with E-state index in [1.165, 1.54) is 45.1 Å². The van der Waals surface area contributed by atoms with E-state index in [1.807, 2.05) is 0 Å². The first kappa shape index (κ1) is 14.9. The Labute approximate surface area is 108 Å². The molecule has 1 aliphatic rings. The molecule has 3 heteroatoms. The Morgan fingerprint density at radius 2 is 1.65 bits per heavy atom. The third-order valence-corrected chi connectivity index (χ3v) is 3.80. The van der Waals surface area contributed by atoms with Gasteiger partial charge in [0, 0.05) is 19.1 Å². The van der Waals surface area contributed by atoms with Crippen molar-refractivity contribution in [3.8, 4) is 0 Å². The van der Waals surface area contributed by atoms with Gasteiger partial charge in [-0.3, -0.25) is 0 Å². The molecule has 1 saturated carbocycles. The predicted octanol–water partition coefficient (Wildman–Crippen LogP) is 1.79. The SMILES string of the molecule is CN(C)CCNCCCN(C)C1CCCCC1. The van der Waals surface area contributed by atoms with Gasteiger partial charge < -0.3 is 15.1 Å². The van der Waals surface area contributed by atoms with Gasteiger partial charge in [0.2, 0.25) is 0 Å². The second kappa shape index (κ2) is 8.90. The standard InChI is InChI=1S/C14H31N3/c1-16(2)13-11-15-10-7-12-17(3)14-8-5-4-6-9-14/h14-15H,4-13H2,1-3H3.